The molecule has 3 rings (SSSR count). The molecule has 0 saturated heterocycles. The normalized spacial score (nSPS) is 11.2. The van der Waals surface area contributed by atoms with Gasteiger partial charge in [0.25, 0.3) is 0 Å². The quantitative estimate of drug-likeness (QED) is 0.744. The molecule has 3 aromatic heterocycles. The van der Waals surface area contributed by atoms with Gasteiger partial charge in [-0.15, -0.1) is 16.4 Å². The van der Waals surface area contributed by atoms with Gasteiger partial charge in [-0.3, -0.25) is 0 Å². The van der Waals surface area contributed by atoms with Gasteiger partial charge >= 0.3 is 0 Å². The van der Waals surface area contributed by atoms with E-state index in [-0.39, 0.29) is 0 Å². The van der Waals surface area contributed by atoms with Crippen LogP contribution in [0.3, 0.4) is 0 Å². The molecule has 7 heteroatoms. The van der Waals surface area contributed by atoms with E-state index in [0.717, 1.165) is 28.3 Å². The van der Waals surface area contributed by atoms with Gasteiger partial charge < -0.3 is 4.90 Å². The molecule has 0 spiro atoms. The molecule has 0 aliphatic rings. The molecule has 3 heterocycles. The molecular weight excluding hydrogens is 290 g/mol. The first-order valence-electron chi connectivity index (χ1n) is 6.27. The maximum absolute atomic E-state index is 4.48. The number of nitrogens with zero attached hydrogens (tertiary/aromatic N) is 5. The van der Waals surface area contributed by atoms with Crippen molar-refractivity contribution in [2.45, 2.75) is 27.3 Å². The zero-order chi connectivity index (χ0) is 14.3. The summed E-state index contributed by atoms with van der Waals surface area (Å²) in [6.45, 7) is 7.02. The minimum atomic E-state index is 0.768. The second kappa shape index (κ2) is 5.06. The fraction of sp³-hybridized carbons (Fsp3) is 0.385. The third kappa shape index (κ3) is 2.16. The van der Waals surface area contributed by atoms with Gasteiger partial charge in [-0.1, -0.05) is 4.49 Å². The Labute approximate surface area is 125 Å². The summed E-state index contributed by atoms with van der Waals surface area (Å²) in [5.41, 5.74) is 2.26. The first-order valence-corrected chi connectivity index (χ1v) is 7.86. The van der Waals surface area contributed by atoms with Crippen LogP contribution in [0.1, 0.15) is 21.0 Å². The molecule has 0 saturated carbocycles. The van der Waals surface area contributed by atoms with Crippen LogP contribution < -0.4 is 4.90 Å². The summed E-state index contributed by atoms with van der Waals surface area (Å²) in [5, 5.41) is 5.22. The maximum Gasteiger partial charge on any atom is 0.141 e. The van der Waals surface area contributed by atoms with Gasteiger partial charge in [0.15, 0.2) is 0 Å². The van der Waals surface area contributed by atoms with Gasteiger partial charge in [-0.05, 0) is 37.9 Å². The highest BCUT2D eigenvalue weighted by molar-refractivity contribution is 7.18. The molecule has 20 heavy (non-hydrogen) atoms. The monoisotopic (exact) mass is 305 g/mol. The lowest BCUT2D eigenvalue weighted by Gasteiger charge is -2.18. The summed E-state index contributed by atoms with van der Waals surface area (Å²) in [4.78, 5) is 14.5. The lowest BCUT2D eigenvalue weighted by Crippen LogP contribution is -2.18. The van der Waals surface area contributed by atoms with E-state index in [1.165, 1.54) is 26.9 Å². The van der Waals surface area contributed by atoms with Crippen molar-refractivity contribution in [1.29, 1.82) is 0 Å². The van der Waals surface area contributed by atoms with Crippen LogP contribution in [0.2, 0.25) is 0 Å². The van der Waals surface area contributed by atoms with E-state index in [1.54, 1.807) is 17.7 Å². The first kappa shape index (κ1) is 13.4. The predicted octanol–water partition coefficient (Wildman–Crippen LogP) is 3.10. The van der Waals surface area contributed by atoms with E-state index in [9.17, 15) is 0 Å². The van der Waals surface area contributed by atoms with Crippen LogP contribution in [0, 0.1) is 20.8 Å². The molecule has 0 bridgehead atoms. The van der Waals surface area contributed by atoms with Crippen LogP contribution in [0.5, 0.6) is 0 Å². The van der Waals surface area contributed by atoms with Gasteiger partial charge in [-0.25, -0.2) is 9.97 Å². The Balaban J connectivity index is 2.03. The summed E-state index contributed by atoms with van der Waals surface area (Å²) >= 11 is 3.17. The number of aromatic nitrogens is 4. The molecule has 3 aromatic rings. The zero-order valence-electron chi connectivity index (χ0n) is 11.8. The highest BCUT2D eigenvalue weighted by atomic mass is 32.1. The number of rotatable bonds is 3. The van der Waals surface area contributed by atoms with Crippen molar-refractivity contribution in [2.75, 3.05) is 11.9 Å². The Hall–Kier alpha value is -1.60. The minimum absolute atomic E-state index is 0.768. The zero-order valence-corrected chi connectivity index (χ0v) is 13.5. The maximum atomic E-state index is 4.48. The highest BCUT2D eigenvalue weighted by Gasteiger charge is 2.16. The van der Waals surface area contributed by atoms with Gasteiger partial charge in [0.05, 0.1) is 22.5 Å². The summed E-state index contributed by atoms with van der Waals surface area (Å²) < 4.78 is 3.99. The standard InChI is InChI=1S/C13H15N5S2/c1-7-9(3)19-13-11(7)12(14-6-15-13)18(4)5-10-8(2)16-17-20-10/h6H,5H2,1-4H3. The van der Waals surface area contributed by atoms with E-state index in [1.807, 2.05) is 14.0 Å². The number of anilines is 1. The van der Waals surface area contributed by atoms with E-state index < -0.39 is 0 Å². The van der Waals surface area contributed by atoms with Crippen molar-refractivity contribution in [3.63, 3.8) is 0 Å². The smallest absolute Gasteiger partial charge is 0.141 e. The molecule has 0 aromatic carbocycles. The Morgan fingerprint density at radius 1 is 1.20 bits per heavy atom. The third-order valence-corrected chi connectivity index (χ3v) is 5.36. The van der Waals surface area contributed by atoms with Gasteiger partial charge in [-0.2, -0.15) is 0 Å². The molecule has 104 valence electrons. The summed E-state index contributed by atoms with van der Waals surface area (Å²) in [5.74, 6) is 0.977. The van der Waals surface area contributed by atoms with Crippen LogP contribution in [0.25, 0.3) is 10.2 Å². The SMILES string of the molecule is Cc1nnsc1CN(C)c1ncnc2sc(C)c(C)c12. The number of hydrogen-bond acceptors (Lipinski definition) is 7. The predicted molar refractivity (Wildman–Crippen MR) is 83.6 cm³/mol. The van der Waals surface area contributed by atoms with Gasteiger partial charge in [0.1, 0.15) is 17.0 Å². The Morgan fingerprint density at radius 3 is 2.70 bits per heavy atom. The number of aryl methyl sites for hydroxylation is 3. The molecule has 0 aliphatic carbocycles. The van der Waals surface area contributed by atoms with Crippen molar-refractivity contribution >= 4 is 38.9 Å². The molecule has 0 N–H and O–H groups in total. The first-order chi connectivity index (χ1) is 9.58. The number of fused-ring (bicyclic) bond motifs is 1. The molecule has 5 nitrogen and oxygen atoms in total. The van der Waals surface area contributed by atoms with Crippen LogP contribution in [0.4, 0.5) is 5.82 Å². The lowest BCUT2D eigenvalue weighted by atomic mass is 10.2. The lowest BCUT2D eigenvalue weighted by molar-refractivity contribution is 0.900. The van der Waals surface area contributed by atoms with Crippen molar-refractivity contribution in [3.05, 3.63) is 27.3 Å². The second-order valence-corrected chi connectivity index (χ2v) is 6.84. The fourth-order valence-corrected chi connectivity index (χ4v) is 3.82. The van der Waals surface area contributed by atoms with E-state index >= 15 is 0 Å². The molecule has 0 amide bonds. The van der Waals surface area contributed by atoms with Crippen molar-refractivity contribution in [3.8, 4) is 0 Å². The van der Waals surface area contributed by atoms with E-state index in [4.69, 9.17) is 0 Å². The van der Waals surface area contributed by atoms with Crippen molar-refractivity contribution < 1.29 is 0 Å². The molecular formula is C13H15N5S2. The summed E-state index contributed by atoms with van der Waals surface area (Å²) in [6, 6.07) is 0. The Morgan fingerprint density at radius 2 is 2.00 bits per heavy atom. The summed E-state index contributed by atoms with van der Waals surface area (Å²) in [6.07, 6.45) is 1.64. The molecule has 0 radical (unpaired) electrons. The van der Waals surface area contributed by atoms with Crippen molar-refractivity contribution in [1.82, 2.24) is 19.6 Å². The molecule has 0 aliphatic heterocycles. The largest absolute Gasteiger partial charge is 0.354 e. The van der Waals surface area contributed by atoms with Gasteiger partial charge in [0.2, 0.25) is 0 Å². The fourth-order valence-electron chi connectivity index (χ4n) is 2.14. The van der Waals surface area contributed by atoms with Crippen molar-refractivity contribution in [2.24, 2.45) is 0 Å². The van der Waals surface area contributed by atoms with E-state index in [2.05, 4.69) is 38.3 Å². The molecule has 0 fully saturated rings. The molecule has 0 unspecified atom stereocenters. The minimum Gasteiger partial charge on any atom is -0.354 e. The van der Waals surface area contributed by atoms with Crippen LogP contribution in [0.15, 0.2) is 6.33 Å². The van der Waals surface area contributed by atoms with Crippen LogP contribution in [-0.4, -0.2) is 26.6 Å². The number of thiophene rings is 1. The van der Waals surface area contributed by atoms with E-state index in [0.29, 0.717) is 0 Å². The topological polar surface area (TPSA) is 54.8 Å². The van der Waals surface area contributed by atoms with Gasteiger partial charge in [0, 0.05) is 11.9 Å². The Bertz CT molecular complexity index is 761. The Kier molecular flexibility index (Phi) is 3.39. The summed E-state index contributed by atoms with van der Waals surface area (Å²) in [7, 11) is 2.05. The third-order valence-electron chi connectivity index (χ3n) is 3.43. The van der Waals surface area contributed by atoms with Crippen LogP contribution in [-0.2, 0) is 6.54 Å². The average molecular weight is 305 g/mol. The highest BCUT2D eigenvalue weighted by Crippen LogP contribution is 2.34. The average Bonchev–Trinajstić information content (AvgIpc) is 2.95. The molecule has 0 atom stereocenters. The number of hydrogen-bond donors (Lipinski definition) is 0. The second-order valence-electron chi connectivity index (χ2n) is 4.80. The van der Waals surface area contributed by atoms with Crippen LogP contribution >= 0.6 is 22.9 Å².